The number of nitrogens with two attached hydrogens (primary N) is 1. The maximum absolute atomic E-state index is 10.7. The third kappa shape index (κ3) is 1.75. The summed E-state index contributed by atoms with van der Waals surface area (Å²) >= 11 is 0. The number of carboxylic acids is 1. The Morgan fingerprint density at radius 1 is 1.38 bits per heavy atom. The van der Waals surface area contributed by atoms with Gasteiger partial charge in [-0.2, -0.15) is 4.98 Å². The van der Waals surface area contributed by atoms with Crippen molar-refractivity contribution >= 4 is 12.0 Å². The zero-order chi connectivity index (χ0) is 11.7. The van der Waals surface area contributed by atoms with E-state index in [9.17, 15) is 4.79 Å². The summed E-state index contributed by atoms with van der Waals surface area (Å²) in [6.07, 6.45) is 0. The van der Waals surface area contributed by atoms with E-state index < -0.39 is 5.97 Å². The fourth-order valence-corrected chi connectivity index (χ4v) is 1.46. The highest BCUT2D eigenvalue weighted by Crippen LogP contribution is 2.24. The Kier molecular flexibility index (Phi) is 2.36. The van der Waals surface area contributed by atoms with Crippen LogP contribution in [0.5, 0.6) is 0 Å². The number of carbonyl (C=O) groups is 1. The first-order valence-corrected chi connectivity index (χ1v) is 4.64. The summed E-state index contributed by atoms with van der Waals surface area (Å²) in [6, 6.07) is 6.49. The Hall–Kier alpha value is -2.30. The van der Waals surface area contributed by atoms with Gasteiger partial charge in [0.2, 0.25) is 0 Å². The number of carboxylic acid groups (broad SMARTS) is 1. The summed E-state index contributed by atoms with van der Waals surface area (Å²) in [5.74, 6) is -0.344. The van der Waals surface area contributed by atoms with Crippen molar-refractivity contribution in [1.29, 1.82) is 0 Å². The zero-order valence-electron chi connectivity index (χ0n) is 8.60. The average Bonchev–Trinajstić information content (AvgIpc) is 2.58. The van der Waals surface area contributed by atoms with Crippen LogP contribution in [0.3, 0.4) is 0 Å². The lowest BCUT2D eigenvalue weighted by Gasteiger charge is -1.98. The molecule has 0 radical (unpaired) electrons. The van der Waals surface area contributed by atoms with E-state index in [1.165, 1.54) is 12.1 Å². The molecule has 1 heterocycles. The Morgan fingerprint density at radius 2 is 2.00 bits per heavy atom. The minimum atomic E-state index is -0.956. The molecule has 1 aromatic carbocycles. The van der Waals surface area contributed by atoms with Crippen molar-refractivity contribution in [1.82, 2.24) is 4.98 Å². The predicted octanol–water partition coefficient (Wildman–Crippen LogP) is 1.93. The highest BCUT2D eigenvalue weighted by Gasteiger charge is 2.10. The predicted molar refractivity (Wildman–Crippen MR) is 58.0 cm³/mol. The molecule has 5 heteroatoms. The van der Waals surface area contributed by atoms with Crippen LogP contribution < -0.4 is 5.73 Å². The molecule has 0 aliphatic carbocycles. The Morgan fingerprint density at radius 3 is 2.44 bits per heavy atom. The number of hydrogen-bond donors (Lipinski definition) is 2. The minimum absolute atomic E-state index is 0.106. The summed E-state index contributed by atoms with van der Waals surface area (Å²) < 4.78 is 5.10. The van der Waals surface area contributed by atoms with Gasteiger partial charge in [-0.25, -0.2) is 4.79 Å². The molecule has 2 rings (SSSR count). The number of oxazole rings is 1. The van der Waals surface area contributed by atoms with E-state index in [-0.39, 0.29) is 11.6 Å². The van der Waals surface area contributed by atoms with Gasteiger partial charge in [0.25, 0.3) is 6.01 Å². The van der Waals surface area contributed by atoms with E-state index in [1.54, 1.807) is 19.1 Å². The molecular weight excluding hydrogens is 208 g/mol. The van der Waals surface area contributed by atoms with Crippen LogP contribution >= 0.6 is 0 Å². The standard InChI is InChI=1S/C11H10N2O3/c1-6-9(13-11(12)16-6)7-2-4-8(5-3-7)10(14)15/h2-5H,1H3,(H2,12,13)(H,14,15). The number of benzene rings is 1. The van der Waals surface area contributed by atoms with E-state index in [4.69, 9.17) is 15.3 Å². The van der Waals surface area contributed by atoms with Gasteiger partial charge in [0.05, 0.1) is 5.56 Å². The molecule has 0 amide bonds. The van der Waals surface area contributed by atoms with E-state index in [0.717, 1.165) is 5.56 Å². The number of aryl methyl sites for hydroxylation is 1. The van der Waals surface area contributed by atoms with Crippen LogP contribution in [0.25, 0.3) is 11.3 Å². The molecule has 5 nitrogen and oxygen atoms in total. The zero-order valence-corrected chi connectivity index (χ0v) is 8.60. The number of nitrogen functional groups attached to an aromatic ring is 1. The van der Waals surface area contributed by atoms with E-state index in [2.05, 4.69) is 4.98 Å². The Balaban J connectivity index is 2.42. The molecule has 1 aromatic heterocycles. The van der Waals surface area contributed by atoms with Crippen LogP contribution in [0, 0.1) is 6.92 Å². The maximum atomic E-state index is 10.7. The van der Waals surface area contributed by atoms with Gasteiger partial charge in [0.15, 0.2) is 0 Å². The minimum Gasteiger partial charge on any atom is -0.478 e. The van der Waals surface area contributed by atoms with Crippen LogP contribution in [-0.2, 0) is 0 Å². The molecule has 0 fully saturated rings. The SMILES string of the molecule is Cc1oc(N)nc1-c1ccc(C(=O)O)cc1. The fraction of sp³-hybridized carbons (Fsp3) is 0.0909. The average molecular weight is 218 g/mol. The van der Waals surface area contributed by atoms with Crippen molar-refractivity contribution in [2.75, 3.05) is 5.73 Å². The molecule has 0 atom stereocenters. The first kappa shape index (κ1) is 10.2. The molecule has 82 valence electrons. The number of rotatable bonds is 2. The highest BCUT2D eigenvalue weighted by molar-refractivity contribution is 5.88. The lowest BCUT2D eigenvalue weighted by atomic mass is 10.1. The number of anilines is 1. The van der Waals surface area contributed by atoms with Crippen molar-refractivity contribution in [3.63, 3.8) is 0 Å². The summed E-state index contributed by atoms with van der Waals surface area (Å²) in [7, 11) is 0. The summed E-state index contributed by atoms with van der Waals surface area (Å²) in [6.45, 7) is 1.75. The van der Waals surface area contributed by atoms with Gasteiger partial charge in [0.1, 0.15) is 11.5 Å². The second-order valence-corrected chi connectivity index (χ2v) is 3.34. The first-order valence-electron chi connectivity index (χ1n) is 4.64. The molecule has 3 N–H and O–H groups in total. The summed E-state index contributed by atoms with van der Waals surface area (Å²) in [5, 5.41) is 8.75. The molecule has 16 heavy (non-hydrogen) atoms. The van der Waals surface area contributed by atoms with Crippen LogP contribution in [0.4, 0.5) is 6.01 Å². The van der Waals surface area contributed by atoms with Gasteiger partial charge < -0.3 is 15.3 Å². The molecule has 0 spiro atoms. The van der Waals surface area contributed by atoms with E-state index in [0.29, 0.717) is 11.5 Å². The van der Waals surface area contributed by atoms with Gasteiger partial charge in [-0.1, -0.05) is 12.1 Å². The first-order chi connectivity index (χ1) is 7.58. The quantitative estimate of drug-likeness (QED) is 0.803. The van der Waals surface area contributed by atoms with Crippen molar-refractivity contribution < 1.29 is 14.3 Å². The van der Waals surface area contributed by atoms with Crippen LogP contribution in [0.1, 0.15) is 16.1 Å². The lowest BCUT2D eigenvalue weighted by Crippen LogP contribution is -1.95. The van der Waals surface area contributed by atoms with Crippen molar-refractivity contribution in [3.05, 3.63) is 35.6 Å². The third-order valence-electron chi connectivity index (χ3n) is 2.22. The van der Waals surface area contributed by atoms with E-state index >= 15 is 0 Å². The van der Waals surface area contributed by atoms with Crippen LogP contribution in [0.15, 0.2) is 28.7 Å². The second-order valence-electron chi connectivity index (χ2n) is 3.34. The molecule has 0 unspecified atom stereocenters. The van der Waals surface area contributed by atoms with Gasteiger partial charge in [-0.15, -0.1) is 0 Å². The number of aromatic nitrogens is 1. The van der Waals surface area contributed by atoms with Crippen LogP contribution in [0.2, 0.25) is 0 Å². The van der Waals surface area contributed by atoms with Crippen LogP contribution in [-0.4, -0.2) is 16.1 Å². The summed E-state index contributed by atoms with van der Waals surface area (Å²) in [5.41, 5.74) is 7.07. The van der Waals surface area contributed by atoms with Gasteiger partial charge >= 0.3 is 5.97 Å². The molecule has 0 bridgehead atoms. The second kappa shape index (κ2) is 3.69. The van der Waals surface area contributed by atoms with Gasteiger partial charge in [-0.3, -0.25) is 0 Å². The summed E-state index contributed by atoms with van der Waals surface area (Å²) in [4.78, 5) is 14.7. The largest absolute Gasteiger partial charge is 0.478 e. The molecule has 0 aliphatic heterocycles. The fourth-order valence-electron chi connectivity index (χ4n) is 1.46. The number of aromatic carboxylic acids is 1. The van der Waals surface area contributed by atoms with Gasteiger partial charge in [-0.05, 0) is 19.1 Å². The molecule has 2 aromatic rings. The van der Waals surface area contributed by atoms with E-state index in [1.807, 2.05) is 0 Å². The number of nitrogens with zero attached hydrogens (tertiary/aromatic N) is 1. The lowest BCUT2D eigenvalue weighted by molar-refractivity contribution is 0.0697. The molecule has 0 saturated carbocycles. The Bertz CT molecular complexity index is 529. The molecular formula is C11H10N2O3. The van der Waals surface area contributed by atoms with Crippen molar-refractivity contribution in [2.45, 2.75) is 6.92 Å². The third-order valence-corrected chi connectivity index (χ3v) is 2.22. The number of hydrogen-bond acceptors (Lipinski definition) is 4. The smallest absolute Gasteiger partial charge is 0.335 e. The molecule has 0 saturated heterocycles. The topological polar surface area (TPSA) is 89.4 Å². The highest BCUT2D eigenvalue weighted by atomic mass is 16.4. The van der Waals surface area contributed by atoms with Crippen molar-refractivity contribution in [2.24, 2.45) is 0 Å². The van der Waals surface area contributed by atoms with Gasteiger partial charge in [0, 0.05) is 5.56 Å². The van der Waals surface area contributed by atoms with Crippen molar-refractivity contribution in [3.8, 4) is 11.3 Å². The normalized spacial score (nSPS) is 10.3. The maximum Gasteiger partial charge on any atom is 0.335 e. The Labute approximate surface area is 91.5 Å². The monoisotopic (exact) mass is 218 g/mol. The molecule has 0 aliphatic rings.